The van der Waals surface area contributed by atoms with Gasteiger partial charge in [-0.15, -0.1) is 0 Å². The molecule has 4 heteroatoms. The van der Waals surface area contributed by atoms with Crippen LogP contribution in [0.4, 0.5) is 0 Å². The van der Waals surface area contributed by atoms with Crippen LogP contribution in [0.25, 0.3) is 0 Å². The summed E-state index contributed by atoms with van der Waals surface area (Å²) >= 11 is 6.20. The van der Waals surface area contributed by atoms with E-state index in [4.69, 9.17) is 16.7 Å². The van der Waals surface area contributed by atoms with E-state index in [0.29, 0.717) is 0 Å². The van der Waals surface area contributed by atoms with Crippen LogP contribution in [0.1, 0.15) is 38.1 Å². The van der Waals surface area contributed by atoms with Crippen LogP contribution in [0.2, 0.25) is 5.02 Å². The molecule has 0 aliphatic carbocycles. The number of halogens is 1. The lowest BCUT2D eigenvalue weighted by atomic mass is 10.1. The van der Waals surface area contributed by atoms with Crippen molar-refractivity contribution < 1.29 is 5.11 Å². The van der Waals surface area contributed by atoms with Crippen LogP contribution in [0.3, 0.4) is 0 Å². The molecule has 1 unspecified atom stereocenters. The van der Waals surface area contributed by atoms with Gasteiger partial charge >= 0.3 is 0 Å². The summed E-state index contributed by atoms with van der Waals surface area (Å²) in [5.74, 6) is 0. The predicted octanol–water partition coefficient (Wildman–Crippen LogP) is 2.34. The molecule has 1 N–H and O–H groups in total. The first-order valence-electron chi connectivity index (χ1n) is 5.44. The van der Waals surface area contributed by atoms with E-state index in [1.807, 2.05) is 25.6 Å². The zero-order chi connectivity index (χ0) is 11.4. The molecule has 0 spiro atoms. The van der Waals surface area contributed by atoms with Crippen LogP contribution in [-0.2, 0) is 19.9 Å². The summed E-state index contributed by atoms with van der Waals surface area (Å²) in [5, 5.41) is 14.3. The molecular weight excluding hydrogens is 212 g/mol. The molecule has 0 radical (unpaired) electrons. The molecule has 0 aliphatic heterocycles. The zero-order valence-corrected chi connectivity index (χ0v) is 10.4. The van der Waals surface area contributed by atoms with E-state index >= 15 is 0 Å². The molecule has 3 nitrogen and oxygen atoms in total. The van der Waals surface area contributed by atoms with E-state index in [1.54, 1.807) is 0 Å². The van der Waals surface area contributed by atoms with Crippen molar-refractivity contribution in [1.29, 1.82) is 0 Å². The molecule has 1 heterocycles. The standard InChI is InChI=1S/C11H19ClN2O/c1-4-9-11(12)10(14(3)13-9)7-5-6-8(2)15/h8,15H,4-7H2,1-3H3. The van der Waals surface area contributed by atoms with Gasteiger partial charge in [0.05, 0.1) is 22.5 Å². The molecule has 0 bridgehead atoms. The van der Waals surface area contributed by atoms with Crippen molar-refractivity contribution >= 4 is 11.6 Å². The molecule has 0 aromatic carbocycles. The van der Waals surface area contributed by atoms with Crippen LogP contribution in [0, 0.1) is 0 Å². The normalized spacial score (nSPS) is 13.1. The highest BCUT2D eigenvalue weighted by Gasteiger charge is 2.12. The van der Waals surface area contributed by atoms with Gasteiger partial charge in [-0.05, 0) is 32.6 Å². The maximum Gasteiger partial charge on any atom is 0.0849 e. The highest BCUT2D eigenvalue weighted by molar-refractivity contribution is 6.31. The molecule has 1 aromatic rings. The summed E-state index contributed by atoms with van der Waals surface area (Å²) in [6.07, 6.45) is 3.27. The van der Waals surface area contributed by atoms with Gasteiger partial charge in [-0.2, -0.15) is 5.10 Å². The van der Waals surface area contributed by atoms with Crippen molar-refractivity contribution in [1.82, 2.24) is 9.78 Å². The molecule has 0 saturated carbocycles. The smallest absolute Gasteiger partial charge is 0.0849 e. The Morgan fingerprint density at radius 1 is 1.53 bits per heavy atom. The highest BCUT2D eigenvalue weighted by atomic mass is 35.5. The van der Waals surface area contributed by atoms with E-state index < -0.39 is 0 Å². The first-order chi connectivity index (χ1) is 7.06. The quantitative estimate of drug-likeness (QED) is 0.843. The Hall–Kier alpha value is -0.540. The Morgan fingerprint density at radius 3 is 2.67 bits per heavy atom. The zero-order valence-electron chi connectivity index (χ0n) is 9.63. The number of aryl methyl sites for hydroxylation is 2. The van der Waals surface area contributed by atoms with Crippen LogP contribution in [-0.4, -0.2) is 21.0 Å². The largest absolute Gasteiger partial charge is 0.393 e. The molecule has 86 valence electrons. The number of nitrogens with zero attached hydrogens (tertiary/aromatic N) is 2. The minimum absolute atomic E-state index is 0.234. The lowest BCUT2D eigenvalue weighted by Gasteiger charge is -2.04. The fourth-order valence-corrected chi connectivity index (χ4v) is 2.04. The molecule has 0 saturated heterocycles. The number of rotatable bonds is 5. The Morgan fingerprint density at radius 2 is 2.20 bits per heavy atom. The van der Waals surface area contributed by atoms with Gasteiger partial charge in [-0.3, -0.25) is 4.68 Å². The lowest BCUT2D eigenvalue weighted by molar-refractivity contribution is 0.181. The molecule has 1 aromatic heterocycles. The van der Waals surface area contributed by atoms with Crippen molar-refractivity contribution in [3.63, 3.8) is 0 Å². The molecule has 15 heavy (non-hydrogen) atoms. The third-order valence-electron chi connectivity index (χ3n) is 2.54. The average molecular weight is 231 g/mol. The molecule has 0 amide bonds. The van der Waals surface area contributed by atoms with Gasteiger partial charge in [-0.25, -0.2) is 0 Å². The Bertz CT molecular complexity index is 321. The van der Waals surface area contributed by atoms with E-state index in [9.17, 15) is 0 Å². The predicted molar refractivity (Wildman–Crippen MR) is 62.2 cm³/mol. The van der Waals surface area contributed by atoms with Crippen molar-refractivity contribution in [2.45, 2.75) is 45.6 Å². The first-order valence-corrected chi connectivity index (χ1v) is 5.82. The van der Waals surface area contributed by atoms with Crippen LogP contribution in [0.15, 0.2) is 0 Å². The van der Waals surface area contributed by atoms with Gasteiger partial charge in [0.15, 0.2) is 0 Å². The van der Waals surface area contributed by atoms with Crippen LogP contribution >= 0.6 is 11.6 Å². The summed E-state index contributed by atoms with van der Waals surface area (Å²) in [6, 6.07) is 0. The Labute approximate surface area is 96.1 Å². The fourth-order valence-electron chi connectivity index (χ4n) is 1.66. The van der Waals surface area contributed by atoms with Gasteiger partial charge in [0.2, 0.25) is 0 Å². The van der Waals surface area contributed by atoms with Gasteiger partial charge in [-0.1, -0.05) is 18.5 Å². The van der Waals surface area contributed by atoms with E-state index in [0.717, 1.165) is 42.1 Å². The van der Waals surface area contributed by atoms with Crippen LogP contribution < -0.4 is 0 Å². The Kier molecular flexibility index (Phi) is 4.61. The summed E-state index contributed by atoms with van der Waals surface area (Å²) in [7, 11) is 1.92. The van der Waals surface area contributed by atoms with E-state index in [2.05, 4.69) is 5.10 Å². The monoisotopic (exact) mass is 230 g/mol. The van der Waals surface area contributed by atoms with Gasteiger partial charge < -0.3 is 5.11 Å². The van der Waals surface area contributed by atoms with Crippen molar-refractivity contribution in [2.75, 3.05) is 0 Å². The number of aliphatic hydroxyl groups excluding tert-OH is 1. The second-order valence-corrected chi connectivity index (χ2v) is 4.30. The summed E-state index contributed by atoms with van der Waals surface area (Å²) in [4.78, 5) is 0. The second kappa shape index (κ2) is 5.52. The number of aliphatic hydroxyl groups is 1. The molecule has 1 rings (SSSR count). The lowest BCUT2D eigenvalue weighted by Crippen LogP contribution is -2.03. The maximum atomic E-state index is 9.16. The van der Waals surface area contributed by atoms with Gasteiger partial charge in [0.1, 0.15) is 0 Å². The number of hydrogen-bond donors (Lipinski definition) is 1. The van der Waals surface area contributed by atoms with Crippen LogP contribution in [0.5, 0.6) is 0 Å². The molecule has 0 aliphatic rings. The molecular formula is C11H19ClN2O. The van der Waals surface area contributed by atoms with Crippen molar-refractivity contribution in [3.05, 3.63) is 16.4 Å². The average Bonchev–Trinajstić information content (AvgIpc) is 2.44. The number of aromatic nitrogens is 2. The minimum Gasteiger partial charge on any atom is -0.393 e. The van der Waals surface area contributed by atoms with E-state index in [1.165, 1.54) is 0 Å². The highest BCUT2D eigenvalue weighted by Crippen LogP contribution is 2.22. The maximum absolute atomic E-state index is 9.16. The fraction of sp³-hybridized carbons (Fsp3) is 0.727. The molecule has 1 atom stereocenters. The minimum atomic E-state index is -0.234. The third-order valence-corrected chi connectivity index (χ3v) is 2.97. The van der Waals surface area contributed by atoms with Gasteiger partial charge in [0, 0.05) is 7.05 Å². The summed E-state index contributed by atoms with van der Waals surface area (Å²) in [6.45, 7) is 3.86. The number of hydrogen-bond acceptors (Lipinski definition) is 2. The van der Waals surface area contributed by atoms with Crippen molar-refractivity contribution in [3.8, 4) is 0 Å². The third kappa shape index (κ3) is 3.21. The second-order valence-electron chi connectivity index (χ2n) is 3.93. The van der Waals surface area contributed by atoms with Gasteiger partial charge in [0.25, 0.3) is 0 Å². The topological polar surface area (TPSA) is 38.0 Å². The molecule has 0 fully saturated rings. The first kappa shape index (κ1) is 12.5. The Balaban J connectivity index is 2.64. The van der Waals surface area contributed by atoms with E-state index in [-0.39, 0.29) is 6.10 Å². The van der Waals surface area contributed by atoms with Crippen molar-refractivity contribution in [2.24, 2.45) is 7.05 Å². The SMILES string of the molecule is CCc1nn(C)c(CCCC(C)O)c1Cl. The summed E-state index contributed by atoms with van der Waals surface area (Å²) < 4.78 is 1.85. The summed E-state index contributed by atoms with van der Waals surface area (Å²) in [5.41, 5.74) is 2.04.